The first-order chi connectivity index (χ1) is 14.1. The number of nitrogens with zero attached hydrogens (tertiary/aromatic N) is 6. The van der Waals surface area contributed by atoms with Crippen LogP contribution in [0.4, 0.5) is 0 Å². The Kier molecular flexibility index (Phi) is 5.58. The number of aromatic nitrogens is 4. The Hall–Kier alpha value is -2.80. The molecule has 1 aromatic carbocycles. The maximum atomic E-state index is 13.2. The molecule has 1 aliphatic rings. The molecule has 29 heavy (non-hydrogen) atoms. The first kappa shape index (κ1) is 19.5. The summed E-state index contributed by atoms with van der Waals surface area (Å²) in [5.74, 6) is 2.52. The minimum atomic E-state index is 0.102. The van der Waals surface area contributed by atoms with Crippen molar-refractivity contribution in [2.75, 3.05) is 27.2 Å². The molecule has 0 atom stereocenters. The second-order valence-corrected chi connectivity index (χ2v) is 7.93. The molecular formula is C22H28N6O. The minimum absolute atomic E-state index is 0.102. The van der Waals surface area contributed by atoms with Crippen LogP contribution in [0.5, 0.6) is 0 Å². The van der Waals surface area contributed by atoms with Crippen molar-refractivity contribution in [3.8, 4) is 0 Å². The van der Waals surface area contributed by atoms with Crippen LogP contribution in [0.1, 0.15) is 47.7 Å². The van der Waals surface area contributed by atoms with E-state index in [1.807, 2.05) is 43.3 Å². The van der Waals surface area contributed by atoms with Crippen LogP contribution in [0.25, 0.3) is 10.8 Å². The van der Waals surface area contributed by atoms with Gasteiger partial charge in [-0.15, -0.1) is 10.2 Å². The SMILES string of the molecule is CCn1c(CN(C)C)nnc1C1CCN(C(=O)c2cccc3cnccc23)CC1. The van der Waals surface area contributed by atoms with E-state index in [2.05, 4.69) is 31.6 Å². The average Bonchev–Trinajstić information content (AvgIpc) is 3.14. The lowest BCUT2D eigenvalue weighted by Gasteiger charge is -2.32. The molecule has 7 heteroatoms. The Morgan fingerprint density at radius 2 is 1.97 bits per heavy atom. The van der Waals surface area contributed by atoms with Crippen LogP contribution in [0, 0.1) is 0 Å². The maximum Gasteiger partial charge on any atom is 0.254 e. The smallest absolute Gasteiger partial charge is 0.254 e. The largest absolute Gasteiger partial charge is 0.339 e. The number of rotatable bonds is 5. The second kappa shape index (κ2) is 8.29. The maximum absolute atomic E-state index is 13.2. The molecule has 4 rings (SSSR count). The molecule has 0 aliphatic carbocycles. The summed E-state index contributed by atoms with van der Waals surface area (Å²) in [5.41, 5.74) is 0.758. The Labute approximate surface area is 171 Å². The average molecular weight is 393 g/mol. The number of carbonyl (C=O) groups excluding carboxylic acids is 1. The highest BCUT2D eigenvalue weighted by molar-refractivity contribution is 6.06. The molecule has 0 spiro atoms. The molecule has 3 aromatic rings. The van der Waals surface area contributed by atoms with Gasteiger partial charge in [-0.1, -0.05) is 12.1 Å². The standard InChI is InChI=1S/C22H28N6O/c1-4-28-20(15-26(2)3)24-25-21(28)16-9-12-27(13-10-16)22(29)19-7-5-6-17-14-23-11-8-18(17)19/h5-8,11,14,16H,4,9-10,12-13,15H2,1-3H3. The van der Waals surface area contributed by atoms with E-state index >= 15 is 0 Å². The Morgan fingerprint density at radius 3 is 2.69 bits per heavy atom. The zero-order valence-corrected chi connectivity index (χ0v) is 17.4. The van der Waals surface area contributed by atoms with Crippen molar-refractivity contribution in [3.05, 3.63) is 53.9 Å². The van der Waals surface area contributed by atoms with Gasteiger partial charge < -0.3 is 14.4 Å². The fraction of sp³-hybridized carbons (Fsp3) is 0.455. The van der Waals surface area contributed by atoms with E-state index in [1.165, 1.54) is 0 Å². The lowest BCUT2D eigenvalue weighted by atomic mass is 9.95. The number of benzene rings is 1. The first-order valence-corrected chi connectivity index (χ1v) is 10.3. The quantitative estimate of drug-likeness (QED) is 0.668. The molecule has 7 nitrogen and oxygen atoms in total. The summed E-state index contributed by atoms with van der Waals surface area (Å²) in [6, 6.07) is 7.76. The molecule has 0 saturated carbocycles. The van der Waals surface area contributed by atoms with Crippen LogP contribution in [-0.2, 0) is 13.1 Å². The number of pyridine rings is 1. The Balaban J connectivity index is 1.48. The predicted octanol–water partition coefficient (Wildman–Crippen LogP) is 2.93. The highest BCUT2D eigenvalue weighted by Gasteiger charge is 2.28. The zero-order chi connectivity index (χ0) is 20.4. The molecule has 2 aromatic heterocycles. The summed E-state index contributed by atoms with van der Waals surface area (Å²) in [7, 11) is 4.09. The summed E-state index contributed by atoms with van der Waals surface area (Å²) in [6.07, 6.45) is 5.38. The Morgan fingerprint density at radius 1 is 1.17 bits per heavy atom. The first-order valence-electron chi connectivity index (χ1n) is 10.3. The van der Waals surface area contributed by atoms with E-state index in [-0.39, 0.29) is 5.91 Å². The number of fused-ring (bicyclic) bond motifs is 1. The van der Waals surface area contributed by atoms with Gasteiger partial charge in [0, 0.05) is 48.9 Å². The fourth-order valence-electron chi connectivity index (χ4n) is 4.22. The highest BCUT2D eigenvalue weighted by atomic mass is 16.2. The Bertz CT molecular complexity index is 998. The van der Waals surface area contributed by atoms with Crippen LogP contribution >= 0.6 is 0 Å². The van der Waals surface area contributed by atoms with Gasteiger partial charge in [-0.05, 0) is 51.4 Å². The molecule has 1 aliphatic heterocycles. The van der Waals surface area contributed by atoms with Crippen molar-refractivity contribution in [3.63, 3.8) is 0 Å². The van der Waals surface area contributed by atoms with Gasteiger partial charge in [0.1, 0.15) is 11.6 Å². The van der Waals surface area contributed by atoms with Gasteiger partial charge in [-0.25, -0.2) is 0 Å². The monoisotopic (exact) mass is 392 g/mol. The molecular weight excluding hydrogens is 364 g/mol. The fourth-order valence-corrected chi connectivity index (χ4v) is 4.22. The van der Waals surface area contributed by atoms with Gasteiger partial charge in [0.2, 0.25) is 0 Å². The van der Waals surface area contributed by atoms with Crippen molar-refractivity contribution in [2.45, 2.75) is 38.8 Å². The van der Waals surface area contributed by atoms with Gasteiger partial charge in [0.05, 0.1) is 6.54 Å². The predicted molar refractivity (Wildman–Crippen MR) is 113 cm³/mol. The topological polar surface area (TPSA) is 67.2 Å². The van der Waals surface area contributed by atoms with Crippen molar-refractivity contribution in [2.24, 2.45) is 0 Å². The molecule has 152 valence electrons. The number of likely N-dealkylation sites (tertiary alicyclic amines) is 1. The van der Waals surface area contributed by atoms with Crippen LogP contribution in [0.3, 0.4) is 0 Å². The molecule has 0 bridgehead atoms. The van der Waals surface area contributed by atoms with E-state index in [1.54, 1.807) is 12.4 Å². The van der Waals surface area contributed by atoms with Crippen LogP contribution in [0.2, 0.25) is 0 Å². The van der Waals surface area contributed by atoms with Crippen molar-refractivity contribution >= 4 is 16.7 Å². The van der Waals surface area contributed by atoms with Crippen molar-refractivity contribution in [1.82, 2.24) is 29.5 Å². The minimum Gasteiger partial charge on any atom is -0.339 e. The van der Waals surface area contributed by atoms with Crippen LogP contribution < -0.4 is 0 Å². The zero-order valence-electron chi connectivity index (χ0n) is 17.4. The van der Waals surface area contributed by atoms with Gasteiger partial charge in [-0.2, -0.15) is 0 Å². The van der Waals surface area contributed by atoms with Crippen LogP contribution in [0.15, 0.2) is 36.7 Å². The summed E-state index contributed by atoms with van der Waals surface area (Å²) in [4.78, 5) is 21.4. The number of hydrogen-bond acceptors (Lipinski definition) is 5. The van der Waals surface area contributed by atoms with Gasteiger partial charge in [0.15, 0.2) is 0 Å². The molecule has 0 radical (unpaired) electrons. The second-order valence-electron chi connectivity index (χ2n) is 7.93. The van der Waals surface area contributed by atoms with Gasteiger partial charge in [0.25, 0.3) is 5.91 Å². The van der Waals surface area contributed by atoms with Crippen LogP contribution in [-0.4, -0.2) is 62.6 Å². The number of amides is 1. The number of hydrogen-bond donors (Lipinski definition) is 0. The molecule has 3 heterocycles. The summed E-state index contributed by atoms with van der Waals surface area (Å²) in [6.45, 7) is 5.28. The van der Waals surface area contributed by atoms with E-state index < -0.39 is 0 Å². The van der Waals surface area contributed by atoms with E-state index in [9.17, 15) is 4.79 Å². The third-order valence-corrected chi connectivity index (χ3v) is 5.69. The molecule has 1 amide bonds. The molecule has 0 unspecified atom stereocenters. The lowest BCUT2D eigenvalue weighted by Crippen LogP contribution is -2.38. The third-order valence-electron chi connectivity index (χ3n) is 5.69. The normalized spacial score (nSPS) is 15.4. The third kappa shape index (κ3) is 3.87. The van der Waals surface area contributed by atoms with E-state index in [0.29, 0.717) is 5.92 Å². The lowest BCUT2D eigenvalue weighted by molar-refractivity contribution is 0.0712. The van der Waals surface area contributed by atoms with E-state index in [0.717, 1.165) is 67.0 Å². The summed E-state index contributed by atoms with van der Waals surface area (Å²) in [5, 5.41) is 10.9. The summed E-state index contributed by atoms with van der Waals surface area (Å²) < 4.78 is 2.24. The van der Waals surface area contributed by atoms with Gasteiger partial charge in [-0.3, -0.25) is 9.78 Å². The van der Waals surface area contributed by atoms with Crippen molar-refractivity contribution < 1.29 is 4.79 Å². The van der Waals surface area contributed by atoms with E-state index in [4.69, 9.17) is 0 Å². The van der Waals surface area contributed by atoms with Crippen molar-refractivity contribution in [1.29, 1.82) is 0 Å². The molecule has 1 fully saturated rings. The number of carbonyl (C=O) groups is 1. The highest BCUT2D eigenvalue weighted by Crippen LogP contribution is 2.29. The molecule has 0 N–H and O–H groups in total. The molecule has 1 saturated heterocycles. The number of piperidine rings is 1. The van der Waals surface area contributed by atoms with Gasteiger partial charge >= 0.3 is 0 Å². The summed E-state index contributed by atoms with van der Waals surface area (Å²) >= 11 is 0.